The second kappa shape index (κ2) is 5.47. The van der Waals surface area contributed by atoms with E-state index in [4.69, 9.17) is 0 Å². The molecule has 0 unspecified atom stereocenters. The molecule has 3 aromatic rings. The quantitative estimate of drug-likeness (QED) is 0.730. The lowest BCUT2D eigenvalue weighted by Crippen LogP contribution is -2.18. The Morgan fingerprint density at radius 2 is 1.90 bits per heavy atom. The van der Waals surface area contributed by atoms with Gasteiger partial charge in [0, 0.05) is 29.7 Å². The van der Waals surface area contributed by atoms with E-state index in [1.807, 2.05) is 18.3 Å². The van der Waals surface area contributed by atoms with E-state index in [0.29, 0.717) is 0 Å². The van der Waals surface area contributed by atoms with Gasteiger partial charge in [-0.15, -0.1) is 0 Å². The predicted octanol–water partition coefficient (Wildman–Crippen LogP) is 4.16. The third kappa shape index (κ3) is 2.58. The SMILES string of the molecule is C[C@H](NCc1cccc2[nH]ccc12)c1ccc(F)cc1. The highest BCUT2D eigenvalue weighted by molar-refractivity contribution is 5.82. The molecule has 0 amide bonds. The molecule has 0 saturated carbocycles. The van der Waals surface area contributed by atoms with Gasteiger partial charge in [0.1, 0.15) is 5.82 Å². The molecular formula is C17H17FN2. The zero-order valence-electron chi connectivity index (χ0n) is 11.4. The molecule has 2 aromatic carbocycles. The number of aromatic nitrogens is 1. The van der Waals surface area contributed by atoms with E-state index in [0.717, 1.165) is 17.6 Å². The molecule has 0 aliphatic heterocycles. The van der Waals surface area contributed by atoms with Gasteiger partial charge in [0.15, 0.2) is 0 Å². The van der Waals surface area contributed by atoms with Gasteiger partial charge in [-0.2, -0.15) is 0 Å². The van der Waals surface area contributed by atoms with Crippen LogP contribution < -0.4 is 5.32 Å². The smallest absolute Gasteiger partial charge is 0.123 e. The summed E-state index contributed by atoms with van der Waals surface area (Å²) < 4.78 is 12.9. The molecule has 102 valence electrons. The van der Waals surface area contributed by atoms with Gasteiger partial charge < -0.3 is 10.3 Å². The van der Waals surface area contributed by atoms with Crippen molar-refractivity contribution in [3.05, 3.63) is 71.7 Å². The summed E-state index contributed by atoms with van der Waals surface area (Å²) in [5.41, 5.74) is 3.50. The Hall–Kier alpha value is -2.13. The first-order valence-electron chi connectivity index (χ1n) is 6.78. The zero-order chi connectivity index (χ0) is 13.9. The average molecular weight is 268 g/mol. The minimum absolute atomic E-state index is 0.185. The summed E-state index contributed by atoms with van der Waals surface area (Å²) in [5.74, 6) is -0.196. The number of hydrogen-bond acceptors (Lipinski definition) is 1. The first-order valence-corrected chi connectivity index (χ1v) is 6.78. The number of H-pyrrole nitrogens is 1. The Morgan fingerprint density at radius 3 is 2.70 bits per heavy atom. The number of nitrogens with one attached hydrogen (secondary N) is 2. The van der Waals surface area contributed by atoms with Gasteiger partial charge >= 0.3 is 0 Å². The van der Waals surface area contributed by atoms with E-state index in [1.165, 1.54) is 23.1 Å². The maximum atomic E-state index is 12.9. The summed E-state index contributed by atoms with van der Waals surface area (Å²) in [7, 11) is 0. The highest BCUT2D eigenvalue weighted by Gasteiger charge is 2.07. The molecule has 2 N–H and O–H groups in total. The van der Waals surface area contributed by atoms with E-state index >= 15 is 0 Å². The Balaban J connectivity index is 1.73. The molecule has 1 atom stereocenters. The third-order valence-electron chi connectivity index (χ3n) is 3.65. The Morgan fingerprint density at radius 1 is 1.10 bits per heavy atom. The molecule has 0 bridgehead atoms. The van der Waals surface area contributed by atoms with Crippen molar-refractivity contribution < 1.29 is 4.39 Å². The van der Waals surface area contributed by atoms with Crippen molar-refractivity contribution >= 4 is 10.9 Å². The van der Waals surface area contributed by atoms with Crippen molar-refractivity contribution in [3.63, 3.8) is 0 Å². The van der Waals surface area contributed by atoms with E-state index in [2.05, 4.69) is 41.5 Å². The molecule has 3 rings (SSSR count). The van der Waals surface area contributed by atoms with Crippen molar-refractivity contribution in [1.29, 1.82) is 0 Å². The number of hydrogen-bond donors (Lipinski definition) is 2. The van der Waals surface area contributed by atoms with E-state index in [9.17, 15) is 4.39 Å². The Bertz CT molecular complexity index is 700. The second-order valence-corrected chi connectivity index (χ2v) is 5.01. The number of fused-ring (bicyclic) bond motifs is 1. The van der Waals surface area contributed by atoms with Gasteiger partial charge in [0.2, 0.25) is 0 Å². The molecule has 2 nitrogen and oxygen atoms in total. The molecule has 0 radical (unpaired) electrons. The second-order valence-electron chi connectivity index (χ2n) is 5.01. The molecule has 0 spiro atoms. The van der Waals surface area contributed by atoms with Crippen LogP contribution in [0.25, 0.3) is 10.9 Å². The summed E-state index contributed by atoms with van der Waals surface area (Å²) in [6.45, 7) is 2.87. The van der Waals surface area contributed by atoms with Crippen LogP contribution >= 0.6 is 0 Å². The molecule has 0 fully saturated rings. The maximum absolute atomic E-state index is 12.9. The zero-order valence-corrected chi connectivity index (χ0v) is 11.4. The van der Waals surface area contributed by atoms with Crippen molar-refractivity contribution in [2.45, 2.75) is 19.5 Å². The van der Waals surface area contributed by atoms with Crippen LogP contribution in [0.15, 0.2) is 54.7 Å². The van der Waals surface area contributed by atoms with Gasteiger partial charge in [-0.3, -0.25) is 0 Å². The van der Waals surface area contributed by atoms with Crippen LogP contribution in [-0.4, -0.2) is 4.98 Å². The lowest BCUT2D eigenvalue weighted by molar-refractivity contribution is 0.572. The molecular weight excluding hydrogens is 251 g/mol. The summed E-state index contributed by atoms with van der Waals surface area (Å²) in [6.07, 6.45) is 1.96. The fourth-order valence-electron chi connectivity index (χ4n) is 2.44. The van der Waals surface area contributed by atoms with Gasteiger partial charge in [-0.1, -0.05) is 24.3 Å². The minimum atomic E-state index is -0.196. The Labute approximate surface area is 117 Å². The number of halogens is 1. The first kappa shape index (κ1) is 12.9. The first-order chi connectivity index (χ1) is 9.74. The van der Waals surface area contributed by atoms with Gasteiger partial charge in [0.25, 0.3) is 0 Å². The Kier molecular flexibility index (Phi) is 3.52. The normalized spacial score (nSPS) is 12.7. The third-order valence-corrected chi connectivity index (χ3v) is 3.65. The van der Waals surface area contributed by atoms with Crippen LogP contribution in [0.3, 0.4) is 0 Å². The minimum Gasteiger partial charge on any atom is -0.361 e. The van der Waals surface area contributed by atoms with Crippen LogP contribution in [0.4, 0.5) is 4.39 Å². The standard InChI is InChI=1S/C17H17FN2/c1-12(13-5-7-15(18)8-6-13)20-11-14-3-2-4-17-16(14)9-10-19-17/h2-10,12,19-20H,11H2,1H3/t12-/m0/s1. The highest BCUT2D eigenvalue weighted by Crippen LogP contribution is 2.19. The van der Waals surface area contributed by atoms with Crippen molar-refractivity contribution in [2.75, 3.05) is 0 Å². The van der Waals surface area contributed by atoms with Crippen molar-refractivity contribution in [1.82, 2.24) is 10.3 Å². The lowest BCUT2D eigenvalue weighted by atomic mass is 10.1. The predicted molar refractivity (Wildman–Crippen MR) is 80.0 cm³/mol. The summed E-state index contributed by atoms with van der Waals surface area (Å²) in [5, 5.41) is 4.72. The largest absolute Gasteiger partial charge is 0.361 e. The monoisotopic (exact) mass is 268 g/mol. The number of benzene rings is 2. The topological polar surface area (TPSA) is 27.8 Å². The van der Waals surface area contributed by atoms with Gasteiger partial charge in [-0.25, -0.2) is 4.39 Å². The van der Waals surface area contributed by atoms with E-state index < -0.39 is 0 Å². The summed E-state index contributed by atoms with van der Waals surface area (Å²) in [4.78, 5) is 3.22. The van der Waals surface area contributed by atoms with Crippen LogP contribution in [0.2, 0.25) is 0 Å². The molecule has 20 heavy (non-hydrogen) atoms. The lowest BCUT2D eigenvalue weighted by Gasteiger charge is -2.14. The average Bonchev–Trinajstić information content (AvgIpc) is 2.94. The van der Waals surface area contributed by atoms with Gasteiger partial charge in [-0.05, 0) is 42.3 Å². The van der Waals surface area contributed by atoms with Gasteiger partial charge in [0.05, 0.1) is 0 Å². The molecule has 0 aliphatic carbocycles. The summed E-state index contributed by atoms with van der Waals surface area (Å²) >= 11 is 0. The fourth-order valence-corrected chi connectivity index (χ4v) is 2.44. The molecule has 1 heterocycles. The molecule has 3 heteroatoms. The number of aromatic amines is 1. The highest BCUT2D eigenvalue weighted by atomic mass is 19.1. The van der Waals surface area contributed by atoms with Crippen LogP contribution in [0.1, 0.15) is 24.1 Å². The molecule has 1 aromatic heterocycles. The van der Waals surface area contributed by atoms with E-state index in [1.54, 1.807) is 0 Å². The van der Waals surface area contributed by atoms with Crippen LogP contribution in [0, 0.1) is 5.82 Å². The van der Waals surface area contributed by atoms with E-state index in [-0.39, 0.29) is 11.9 Å². The maximum Gasteiger partial charge on any atom is 0.123 e. The summed E-state index contributed by atoms with van der Waals surface area (Å²) in [6, 6.07) is 15.2. The van der Waals surface area contributed by atoms with Crippen LogP contribution in [0.5, 0.6) is 0 Å². The molecule has 0 aliphatic rings. The van der Waals surface area contributed by atoms with Crippen molar-refractivity contribution in [2.24, 2.45) is 0 Å². The molecule has 0 saturated heterocycles. The number of rotatable bonds is 4. The van der Waals surface area contributed by atoms with Crippen molar-refractivity contribution in [3.8, 4) is 0 Å². The fraction of sp³-hybridized carbons (Fsp3) is 0.176. The van der Waals surface area contributed by atoms with Crippen LogP contribution in [-0.2, 0) is 6.54 Å².